The third kappa shape index (κ3) is 4.96. The molecule has 0 radical (unpaired) electrons. The van der Waals surface area contributed by atoms with Crippen molar-refractivity contribution in [2.75, 3.05) is 18.9 Å². The Morgan fingerprint density at radius 2 is 1.83 bits per heavy atom. The molecule has 0 fully saturated rings. The molecular formula is C24H29N5O5S. The van der Waals surface area contributed by atoms with Gasteiger partial charge in [-0.2, -0.15) is 5.10 Å². The van der Waals surface area contributed by atoms with Crippen molar-refractivity contribution in [2.24, 2.45) is 5.73 Å². The van der Waals surface area contributed by atoms with Gasteiger partial charge in [-0.1, -0.05) is 32.0 Å². The molecule has 0 saturated heterocycles. The molecule has 2 heterocycles. The summed E-state index contributed by atoms with van der Waals surface area (Å²) < 4.78 is 47.5. The third-order valence-corrected chi connectivity index (χ3v) is 7.00. The maximum absolute atomic E-state index is 13.4. The number of benzene rings is 2. The molecule has 0 aliphatic rings. The summed E-state index contributed by atoms with van der Waals surface area (Å²) in [5.74, 6) is 0.665. The van der Waals surface area contributed by atoms with Crippen LogP contribution in [0.4, 0.5) is 5.82 Å². The van der Waals surface area contributed by atoms with Gasteiger partial charge in [0.25, 0.3) is 10.0 Å². The zero-order valence-electron chi connectivity index (χ0n) is 20.3. The molecule has 2 aromatic carbocycles. The topological polar surface area (TPSA) is 134 Å². The average Bonchev–Trinajstić information content (AvgIpc) is 3.44. The zero-order valence-corrected chi connectivity index (χ0v) is 21.1. The highest BCUT2D eigenvalue weighted by molar-refractivity contribution is 7.92. The lowest BCUT2D eigenvalue weighted by molar-refractivity contribution is 0.402. The van der Waals surface area contributed by atoms with Crippen LogP contribution in [0.3, 0.4) is 0 Å². The van der Waals surface area contributed by atoms with Crippen LogP contribution >= 0.6 is 0 Å². The zero-order chi connectivity index (χ0) is 25.4. The molecule has 0 aliphatic carbocycles. The highest BCUT2D eigenvalue weighted by Crippen LogP contribution is 2.37. The average molecular weight is 500 g/mol. The van der Waals surface area contributed by atoms with Gasteiger partial charge >= 0.3 is 0 Å². The highest BCUT2D eigenvalue weighted by atomic mass is 32.2. The Bertz CT molecular complexity index is 1470. The van der Waals surface area contributed by atoms with Crippen molar-refractivity contribution < 1.29 is 22.4 Å². The van der Waals surface area contributed by atoms with Crippen LogP contribution in [-0.4, -0.2) is 37.6 Å². The first-order valence-electron chi connectivity index (χ1n) is 10.9. The monoisotopic (exact) mass is 499 g/mol. The lowest BCUT2D eigenvalue weighted by Crippen LogP contribution is -2.17. The number of nitrogens with two attached hydrogens (primary N) is 1. The molecule has 10 nitrogen and oxygen atoms in total. The summed E-state index contributed by atoms with van der Waals surface area (Å²) in [6.45, 7) is 6.87. The molecule has 4 rings (SSSR count). The number of fused-ring (bicyclic) bond motifs is 1. The second-order valence-corrected chi connectivity index (χ2v) is 10.8. The minimum absolute atomic E-state index is 0.00792. The van der Waals surface area contributed by atoms with E-state index >= 15 is 0 Å². The van der Waals surface area contributed by atoms with Crippen LogP contribution in [0.5, 0.6) is 11.5 Å². The SMILES string of the molecule is COc1ccc(C(C)(C)C)cc1S(=O)(=O)Nc1noc2cc(Cn3cc(CN)cn3)cc(OC)c12. The minimum Gasteiger partial charge on any atom is -0.496 e. The second kappa shape index (κ2) is 9.23. The van der Waals surface area contributed by atoms with Crippen LogP contribution in [0.15, 0.2) is 52.1 Å². The molecule has 186 valence electrons. The van der Waals surface area contributed by atoms with Crippen molar-refractivity contribution in [3.63, 3.8) is 0 Å². The molecule has 3 N–H and O–H groups in total. The minimum atomic E-state index is -4.06. The lowest BCUT2D eigenvalue weighted by atomic mass is 9.87. The molecule has 35 heavy (non-hydrogen) atoms. The van der Waals surface area contributed by atoms with Crippen LogP contribution in [0, 0.1) is 0 Å². The van der Waals surface area contributed by atoms with Crippen molar-refractivity contribution in [3.05, 3.63) is 59.4 Å². The summed E-state index contributed by atoms with van der Waals surface area (Å²) >= 11 is 0. The molecule has 11 heteroatoms. The summed E-state index contributed by atoms with van der Waals surface area (Å²) in [5, 5.41) is 8.68. The van der Waals surface area contributed by atoms with E-state index in [-0.39, 0.29) is 21.9 Å². The van der Waals surface area contributed by atoms with Crippen LogP contribution < -0.4 is 19.9 Å². The van der Waals surface area contributed by atoms with Gasteiger partial charge in [0.15, 0.2) is 11.4 Å². The predicted octanol–water partition coefficient (Wildman–Crippen LogP) is 3.65. The van der Waals surface area contributed by atoms with Crippen LogP contribution in [-0.2, 0) is 28.5 Å². The summed E-state index contributed by atoms with van der Waals surface area (Å²) in [6, 6.07) is 8.67. The fourth-order valence-corrected chi connectivity index (χ4v) is 4.93. The first-order valence-corrected chi connectivity index (χ1v) is 12.4. The lowest BCUT2D eigenvalue weighted by Gasteiger charge is -2.21. The van der Waals surface area contributed by atoms with Crippen molar-refractivity contribution >= 4 is 26.8 Å². The molecule has 0 amide bonds. The number of hydrogen-bond donors (Lipinski definition) is 2. The van der Waals surface area contributed by atoms with Crippen molar-refractivity contribution in [1.29, 1.82) is 0 Å². The Morgan fingerprint density at radius 3 is 2.46 bits per heavy atom. The van der Waals surface area contributed by atoms with Crippen molar-refractivity contribution in [3.8, 4) is 11.5 Å². The molecular weight excluding hydrogens is 470 g/mol. The van der Waals surface area contributed by atoms with E-state index < -0.39 is 10.0 Å². The van der Waals surface area contributed by atoms with Gasteiger partial charge in [0.2, 0.25) is 0 Å². The standard InChI is InChI=1S/C24H29N5O5S/c1-24(2,3)17-6-7-18(32-4)21(10-17)35(30,31)28-23-22-19(33-5)8-15(9-20(22)34-27-23)13-29-14-16(11-25)12-26-29/h6-10,12,14H,11,13,25H2,1-5H3,(H,27,28). The number of methoxy groups -OCH3 is 2. The van der Waals surface area contributed by atoms with Gasteiger partial charge in [-0.25, -0.2) is 8.42 Å². The predicted molar refractivity (Wildman–Crippen MR) is 132 cm³/mol. The van der Waals surface area contributed by atoms with Gasteiger partial charge < -0.3 is 19.7 Å². The smallest absolute Gasteiger partial charge is 0.266 e. The second-order valence-electron chi connectivity index (χ2n) is 9.17. The third-order valence-electron chi connectivity index (χ3n) is 5.63. The Labute approximate surface area is 204 Å². The number of aromatic nitrogens is 3. The Morgan fingerprint density at radius 1 is 1.09 bits per heavy atom. The maximum Gasteiger partial charge on any atom is 0.266 e. The molecule has 0 unspecified atom stereocenters. The first kappa shape index (κ1) is 24.6. The van der Waals surface area contributed by atoms with Gasteiger partial charge in [-0.3, -0.25) is 9.40 Å². The van der Waals surface area contributed by atoms with Crippen LogP contribution in [0.2, 0.25) is 0 Å². The van der Waals surface area contributed by atoms with Crippen LogP contribution in [0.25, 0.3) is 11.0 Å². The number of nitrogens with zero attached hydrogens (tertiary/aromatic N) is 3. The number of nitrogens with one attached hydrogen (secondary N) is 1. The number of hydrogen-bond acceptors (Lipinski definition) is 8. The van der Waals surface area contributed by atoms with Crippen LogP contribution in [0.1, 0.15) is 37.5 Å². The normalized spacial score (nSPS) is 12.2. The van der Waals surface area contributed by atoms with E-state index in [0.29, 0.717) is 29.8 Å². The number of rotatable bonds is 8. The molecule has 0 aliphatic heterocycles. The van der Waals surface area contributed by atoms with E-state index in [1.165, 1.54) is 14.2 Å². The van der Waals surface area contributed by atoms with Gasteiger partial charge in [0, 0.05) is 18.3 Å². The van der Waals surface area contributed by atoms with E-state index in [9.17, 15) is 8.42 Å². The molecule has 4 aromatic rings. The Balaban J connectivity index is 1.72. The van der Waals surface area contributed by atoms with Crippen molar-refractivity contribution in [1.82, 2.24) is 14.9 Å². The van der Waals surface area contributed by atoms with Gasteiger partial charge in [-0.15, -0.1) is 0 Å². The summed E-state index contributed by atoms with van der Waals surface area (Å²) in [5.41, 5.74) is 8.38. The van der Waals surface area contributed by atoms with E-state index in [0.717, 1.165) is 16.7 Å². The molecule has 2 aromatic heterocycles. The van der Waals surface area contributed by atoms with E-state index in [2.05, 4.69) is 15.0 Å². The van der Waals surface area contributed by atoms with Crippen molar-refractivity contribution in [2.45, 2.75) is 44.2 Å². The largest absolute Gasteiger partial charge is 0.496 e. The molecule has 0 bridgehead atoms. The number of sulfonamides is 1. The van der Waals surface area contributed by atoms with Gasteiger partial charge in [-0.05, 0) is 40.8 Å². The Hall–Kier alpha value is -3.57. The molecule has 0 atom stereocenters. The first-order chi connectivity index (χ1) is 16.6. The summed E-state index contributed by atoms with van der Waals surface area (Å²) in [4.78, 5) is 0.00792. The number of anilines is 1. The fourth-order valence-electron chi connectivity index (χ4n) is 3.73. The van der Waals surface area contributed by atoms with E-state index in [1.54, 1.807) is 35.1 Å². The van der Waals surface area contributed by atoms with Gasteiger partial charge in [0.1, 0.15) is 21.8 Å². The highest BCUT2D eigenvalue weighted by Gasteiger charge is 2.26. The fraction of sp³-hybridized carbons (Fsp3) is 0.333. The Kier molecular flexibility index (Phi) is 6.48. The molecule has 0 saturated carbocycles. The van der Waals surface area contributed by atoms with E-state index in [1.807, 2.05) is 33.0 Å². The van der Waals surface area contributed by atoms with E-state index in [4.69, 9.17) is 19.7 Å². The van der Waals surface area contributed by atoms with Gasteiger partial charge in [0.05, 0.1) is 27.0 Å². The maximum atomic E-state index is 13.4. The molecule has 0 spiro atoms. The summed E-state index contributed by atoms with van der Waals surface area (Å²) in [7, 11) is -1.14. The summed E-state index contributed by atoms with van der Waals surface area (Å²) in [6.07, 6.45) is 3.57. The quantitative estimate of drug-likeness (QED) is 0.375. The number of ether oxygens (including phenoxy) is 2.